The molecule has 1 saturated heterocycles. The Bertz CT molecular complexity index is 788. The summed E-state index contributed by atoms with van der Waals surface area (Å²) in [7, 11) is 1.63. The van der Waals surface area contributed by atoms with Crippen molar-refractivity contribution in [3.8, 4) is 5.75 Å². The fourth-order valence-electron chi connectivity index (χ4n) is 2.64. The maximum absolute atomic E-state index is 12.7. The van der Waals surface area contributed by atoms with Crippen molar-refractivity contribution in [2.75, 3.05) is 19.4 Å². The zero-order valence-corrected chi connectivity index (χ0v) is 14.5. The van der Waals surface area contributed by atoms with Gasteiger partial charge in [-0.05, 0) is 24.6 Å². The lowest BCUT2D eigenvalue weighted by molar-refractivity contribution is -0.132. The van der Waals surface area contributed by atoms with Crippen LogP contribution < -0.4 is 10.3 Å². The van der Waals surface area contributed by atoms with Crippen LogP contribution in [0.3, 0.4) is 0 Å². The van der Waals surface area contributed by atoms with Gasteiger partial charge in [0.15, 0.2) is 0 Å². The quantitative estimate of drug-likeness (QED) is 0.846. The Hall–Kier alpha value is -2.28. The maximum atomic E-state index is 12.7. The van der Waals surface area contributed by atoms with Crippen LogP contribution in [0.15, 0.2) is 41.5 Å². The van der Waals surface area contributed by atoms with E-state index in [4.69, 9.17) is 4.74 Å². The van der Waals surface area contributed by atoms with Crippen molar-refractivity contribution in [2.45, 2.75) is 18.8 Å². The minimum Gasteiger partial charge on any atom is -0.497 e. The number of amides is 1. The topological polar surface area (TPSA) is 64.4 Å². The van der Waals surface area contributed by atoms with Crippen molar-refractivity contribution in [3.05, 3.63) is 58.3 Å². The van der Waals surface area contributed by atoms with Gasteiger partial charge in [-0.3, -0.25) is 14.2 Å². The van der Waals surface area contributed by atoms with Gasteiger partial charge < -0.3 is 9.64 Å². The molecule has 2 heterocycles. The molecular formula is C17H19N3O3S. The monoisotopic (exact) mass is 345 g/mol. The van der Waals surface area contributed by atoms with Crippen LogP contribution in [0.4, 0.5) is 0 Å². The number of carbonyl (C=O) groups is 1. The zero-order valence-electron chi connectivity index (χ0n) is 13.6. The normalized spacial score (nSPS) is 17.1. The summed E-state index contributed by atoms with van der Waals surface area (Å²) in [5, 5.41) is -0.0301. The van der Waals surface area contributed by atoms with Crippen LogP contribution in [0.25, 0.3) is 0 Å². The van der Waals surface area contributed by atoms with Gasteiger partial charge in [-0.1, -0.05) is 12.1 Å². The number of hydrogen-bond donors (Lipinski definition) is 0. The second-order valence-corrected chi connectivity index (χ2v) is 6.77. The highest BCUT2D eigenvalue weighted by Gasteiger charge is 2.30. The van der Waals surface area contributed by atoms with E-state index in [9.17, 15) is 9.59 Å². The minimum absolute atomic E-state index is 0.0132. The number of aromatic nitrogens is 2. The summed E-state index contributed by atoms with van der Waals surface area (Å²) in [6, 6.07) is 9.17. The fourth-order valence-corrected chi connectivity index (χ4v) is 3.92. The number of methoxy groups -OCH3 is 1. The van der Waals surface area contributed by atoms with Gasteiger partial charge in [0.2, 0.25) is 5.91 Å². The fraction of sp³-hybridized carbons (Fsp3) is 0.353. The summed E-state index contributed by atoms with van der Waals surface area (Å²) in [6.45, 7) is 2.44. The van der Waals surface area contributed by atoms with Crippen LogP contribution in [0, 0.1) is 6.92 Å². The summed E-state index contributed by atoms with van der Waals surface area (Å²) in [5.41, 5.74) is 1.50. The molecule has 1 aliphatic rings. The van der Waals surface area contributed by atoms with E-state index in [1.165, 1.54) is 17.0 Å². The average molecular weight is 345 g/mol. The molecule has 1 unspecified atom stereocenters. The Kier molecular flexibility index (Phi) is 4.89. The van der Waals surface area contributed by atoms with E-state index in [1.807, 2.05) is 29.2 Å². The molecule has 0 saturated carbocycles. The van der Waals surface area contributed by atoms with Gasteiger partial charge in [-0.15, -0.1) is 11.8 Å². The summed E-state index contributed by atoms with van der Waals surface area (Å²) in [4.78, 5) is 30.5. The Morgan fingerprint density at radius 1 is 1.38 bits per heavy atom. The summed E-state index contributed by atoms with van der Waals surface area (Å²) >= 11 is 1.72. The number of thioether (sulfide) groups is 1. The van der Waals surface area contributed by atoms with E-state index in [0.29, 0.717) is 12.2 Å². The van der Waals surface area contributed by atoms with E-state index in [1.54, 1.807) is 25.8 Å². The lowest BCUT2D eigenvalue weighted by atomic mass is 10.2. The molecule has 7 heteroatoms. The van der Waals surface area contributed by atoms with Crippen molar-refractivity contribution in [2.24, 2.45) is 0 Å². The number of benzene rings is 1. The van der Waals surface area contributed by atoms with E-state index < -0.39 is 0 Å². The van der Waals surface area contributed by atoms with Crippen molar-refractivity contribution in [1.82, 2.24) is 14.5 Å². The van der Waals surface area contributed by atoms with E-state index in [0.717, 1.165) is 17.1 Å². The third kappa shape index (κ3) is 3.46. The first-order chi connectivity index (χ1) is 11.6. The van der Waals surface area contributed by atoms with Gasteiger partial charge in [-0.25, -0.2) is 4.98 Å². The lowest BCUT2D eigenvalue weighted by Crippen LogP contribution is -2.36. The third-order valence-corrected chi connectivity index (χ3v) is 5.19. The van der Waals surface area contributed by atoms with Gasteiger partial charge >= 0.3 is 0 Å². The third-order valence-electron chi connectivity index (χ3n) is 3.93. The molecule has 1 aromatic heterocycles. The van der Waals surface area contributed by atoms with Crippen LogP contribution in [-0.4, -0.2) is 39.8 Å². The smallest absolute Gasteiger partial charge is 0.253 e. The van der Waals surface area contributed by atoms with Crippen molar-refractivity contribution in [3.63, 3.8) is 0 Å². The molecule has 126 valence electrons. The second-order valence-electron chi connectivity index (χ2n) is 5.58. The van der Waals surface area contributed by atoms with Crippen molar-refractivity contribution in [1.29, 1.82) is 0 Å². The Morgan fingerprint density at radius 3 is 2.79 bits per heavy atom. The highest BCUT2D eigenvalue weighted by Crippen LogP contribution is 2.38. The van der Waals surface area contributed by atoms with Crippen molar-refractivity contribution < 1.29 is 9.53 Å². The van der Waals surface area contributed by atoms with Crippen LogP contribution in [0.5, 0.6) is 5.75 Å². The molecule has 24 heavy (non-hydrogen) atoms. The molecule has 0 N–H and O–H groups in total. The summed E-state index contributed by atoms with van der Waals surface area (Å²) < 4.78 is 6.53. The van der Waals surface area contributed by atoms with Gasteiger partial charge in [0, 0.05) is 24.1 Å². The molecular weight excluding hydrogens is 326 g/mol. The molecule has 0 bridgehead atoms. The molecule has 1 atom stereocenters. The molecule has 1 amide bonds. The number of hydrogen-bond acceptors (Lipinski definition) is 5. The van der Waals surface area contributed by atoms with Crippen LogP contribution >= 0.6 is 11.8 Å². The largest absolute Gasteiger partial charge is 0.497 e. The number of aryl methyl sites for hydroxylation is 1. The van der Waals surface area contributed by atoms with E-state index >= 15 is 0 Å². The average Bonchev–Trinajstić information content (AvgIpc) is 3.07. The molecule has 6 nitrogen and oxygen atoms in total. The number of rotatable bonds is 4. The van der Waals surface area contributed by atoms with Gasteiger partial charge in [0.05, 0.1) is 13.4 Å². The number of ether oxygens (including phenoxy) is 1. The first-order valence-corrected chi connectivity index (χ1v) is 8.71. The summed E-state index contributed by atoms with van der Waals surface area (Å²) in [5.74, 6) is 1.59. The molecule has 2 aromatic rings. The van der Waals surface area contributed by atoms with E-state index in [-0.39, 0.29) is 23.4 Å². The van der Waals surface area contributed by atoms with Gasteiger partial charge in [-0.2, -0.15) is 0 Å². The predicted molar refractivity (Wildman–Crippen MR) is 93.1 cm³/mol. The number of nitrogens with zero attached hydrogens (tertiary/aromatic N) is 3. The van der Waals surface area contributed by atoms with Gasteiger partial charge in [0.25, 0.3) is 5.56 Å². The molecule has 1 fully saturated rings. The van der Waals surface area contributed by atoms with E-state index in [2.05, 4.69) is 4.98 Å². The first kappa shape index (κ1) is 16.6. The number of carbonyl (C=O) groups excluding carboxylic acids is 1. The molecule has 1 aliphatic heterocycles. The van der Waals surface area contributed by atoms with Crippen LogP contribution in [0.2, 0.25) is 0 Å². The standard InChI is InChI=1S/C17H19N3O3S/c1-12-9-15(21)19(11-18-12)10-16(22)20-7-8-24-17(20)13-3-5-14(23-2)6-4-13/h3-6,9,11,17H,7-8,10H2,1-2H3. The molecule has 0 spiro atoms. The predicted octanol–water partition coefficient (Wildman–Crippen LogP) is 1.83. The highest BCUT2D eigenvalue weighted by atomic mass is 32.2. The molecule has 0 radical (unpaired) electrons. The second kappa shape index (κ2) is 7.09. The minimum atomic E-state index is -0.205. The SMILES string of the molecule is COc1ccc(C2SCCN2C(=O)Cn2cnc(C)cc2=O)cc1. The first-order valence-electron chi connectivity index (χ1n) is 7.66. The van der Waals surface area contributed by atoms with Crippen molar-refractivity contribution >= 4 is 17.7 Å². The Balaban J connectivity index is 1.76. The Morgan fingerprint density at radius 2 is 2.12 bits per heavy atom. The molecule has 0 aliphatic carbocycles. The van der Waals surface area contributed by atoms with Gasteiger partial charge in [0.1, 0.15) is 17.7 Å². The highest BCUT2D eigenvalue weighted by molar-refractivity contribution is 7.99. The van der Waals surface area contributed by atoms with Crippen LogP contribution in [0.1, 0.15) is 16.6 Å². The lowest BCUT2D eigenvalue weighted by Gasteiger charge is -2.24. The zero-order chi connectivity index (χ0) is 17.1. The summed E-state index contributed by atoms with van der Waals surface area (Å²) in [6.07, 6.45) is 1.43. The van der Waals surface area contributed by atoms with Crippen LogP contribution in [-0.2, 0) is 11.3 Å². The molecule has 1 aromatic carbocycles. The maximum Gasteiger partial charge on any atom is 0.253 e. The molecule has 3 rings (SSSR count). The Labute approximate surface area is 144 Å².